The Hall–Kier alpha value is -3.85. The number of fused-ring (bicyclic) bond motifs is 3. The summed E-state index contributed by atoms with van der Waals surface area (Å²) < 4.78 is 6.88. The number of hydrogen-bond acceptors (Lipinski definition) is 2. The Morgan fingerprint density at radius 2 is 1.34 bits per heavy atom. The minimum Gasteiger partial charge on any atom is -0.478 e. The van der Waals surface area contributed by atoms with Gasteiger partial charge in [-0.15, -0.1) is 0 Å². The molecule has 0 atom stereocenters. The van der Waals surface area contributed by atoms with Gasteiger partial charge in [0.1, 0.15) is 5.75 Å². The fourth-order valence-corrected chi connectivity index (χ4v) is 4.42. The Balaban J connectivity index is 1.82. The number of benzene rings is 4. The largest absolute Gasteiger partial charge is 0.478 e. The van der Waals surface area contributed by atoms with Crippen molar-refractivity contribution in [2.24, 2.45) is 0 Å². The van der Waals surface area contributed by atoms with Crippen molar-refractivity contribution in [1.82, 2.24) is 0 Å². The number of hydrogen-bond donors (Lipinski definition) is 1. The third-order valence-corrected chi connectivity index (χ3v) is 6.23. The van der Waals surface area contributed by atoms with Crippen molar-refractivity contribution in [2.45, 2.75) is 26.4 Å². The van der Waals surface area contributed by atoms with Crippen molar-refractivity contribution < 1.29 is 14.6 Å². The van der Waals surface area contributed by atoms with E-state index in [1.165, 1.54) is 11.1 Å². The van der Waals surface area contributed by atoms with Gasteiger partial charge in [-0.3, -0.25) is 0 Å². The van der Waals surface area contributed by atoms with E-state index in [0.717, 1.165) is 27.5 Å². The van der Waals surface area contributed by atoms with Gasteiger partial charge in [0, 0.05) is 22.1 Å². The van der Waals surface area contributed by atoms with Crippen molar-refractivity contribution in [1.29, 1.82) is 0 Å². The highest BCUT2D eigenvalue weighted by atomic mass is 16.5. The minimum absolute atomic E-state index is 0.244. The molecule has 0 fully saturated rings. The van der Waals surface area contributed by atoms with Crippen LogP contribution in [0.25, 0.3) is 16.8 Å². The van der Waals surface area contributed by atoms with E-state index >= 15 is 0 Å². The second-order valence-corrected chi connectivity index (χ2v) is 8.60. The second kappa shape index (κ2) is 7.38. The molecule has 0 aliphatic carbocycles. The summed E-state index contributed by atoms with van der Waals surface area (Å²) in [6, 6.07) is 24.4. The number of carboxylic acids is 1. The number of carboxylic acid groups (broad SMARTS) is 1. The quantitative estimate of drug-likeness (QED) is 0.396. The summed E-state index contributed by atoms with van der Waals surface area (Å²) in [4.78, 5) is 12.1. The predicted molar refractivity (Wildman–Crippen MR) is 128 cm³/mol. The van der Waals surface area contributed by atoms with E-state index in [1.54, 1.807) is 6.07 Å². The van der Waals surface area contributed by atoms with Gasteiger partial charge < -0.3 is 9.84 Å². The van der Waals surface area contributed by atoms with Crippen LogP contribution in [-0.2, 0) is 5.60 Å². The fourth-order valence-electron chi connectivity index (χ4n) is 4.42. The molecule has 0 unspecified atom stereocenters. The summed E-state index contributed by atoms with van der Waals surface area (Å²) in [5, 5.41) is 11.7. The van der Waals surface area contributed by atoms with Gasteiger partial charge in [0.25, 0.3) is 0 Å². The lowest BCUT2D eigenvalue weighted by Gasteiger charge is -2.37. The first-order chi connectivity index (χ1) is 15.4. The van der Waals surface area contributed by atoms with E-state index < -0.39 is 11.6 Å². The molecule has 4 aromatic carbocycles. The van der Waals surface area contributed by atoms with Crippen LogP contribution in [0, 0.1) is 20.8 Å². The van der Waals surface area contributed by atoms with E-state index in [2.05, 4.69) is 68.4 Å². The zero-order chi connectivity index (χ0) is 22.5. The number of ether oxygens (including phenoxy) is 1. The van der Waals surface area contributed by atoms with E-state index in [-0.39, 0.29) is 5.56 Å². The SMILES string of the molecule is Cc1ccc(C2(c3ccc(C)cc3)C=Cc3c(C(=O)O)cc4ccc(C)cc4c3O2)cc1. The van der Waals surface area contributed by atoms with Crippen molar-refractivity contribution in [3.63, 3.8) is 0 Å². The van der Waals surface area contributed by atoms with Crippen LogP contribution >= 0.6 is 0 Å². The van der Waals surface area contributed by atoms with Gasteiger partial charge >= 0.3 is 5.97 Å². The topological polar surface area (TPSA) is 46.5 Å². The Morgan fingerprint density at radius 3 is 1.91 bits per heavy atom. The molecule has 0 amide bonds. The van der Waals surface area contributed by atoms with Crippen LogP contribution in [0.4, 0.5) is 0 Å². The molecule has 1 heterocycles. The average molecular weight is 421 g/mol. The molecule has 1 aliphatic rings. The first kappa shape index (κ1) is 20.1. The van der Waals surface area contributed by atoms with Crippen LogP contribution in [0.5, 0.6) is 5.75 Å². The molecule has 0 saturated heterocycles. The number of carbonyl (C=O) groups is 1. The maximum Gasteiger partial charge on any atom is 0.336 e. The van der Waals surface area contributed by atoms with Crippen LogP contribution in [0.2, 0.25) is 0 Å². The number of aryl methyl sites for hydroxylation is 3. The lowest BCUT2D eigenvalue weighted by atomic mass is 9.82. The Morgan fingerprint density at radius 1 is 0.781 bits per heavy atom. The maximum atomic E-state index is 12.1. The molecule has 0 aromatic heterocycles. The van der Waals surface area contributed by atoms with E-state index in [9.17, 15) is 9.90 Å². The third-order valence-electron chi connectivity index (χ3n) is 6.23. The van der Waals surface area contributed by atoms with Crippen LogP contribution < -0.4 is 4.74 Å². The summed E-state index contributed by atoms with van der Waals surface area (Å²) in [5.74, 6) is -0.359. The lowest BCUT2D eigenvalue weighted by molar-refractivity contribution is 0.0695. The highest BCUT2D eigenvalue weighted by Crippen LogP contribution is 2.46. The van der Waals surface area contributed by atoms with Gasteiger partial charge in [0.15, 0.2) is 5.60 Å². The van der Waals surface area contributed by atoms with Crippen molar-refractivity contribution >= 4 is 22.8 Å². The van der Waals surface area contributed by atoms with Crippen LogP contribution in [0.15, 0.2) is 78.9 Å². The van der Waals surface area contributed by atoms with E-state index in [1.807, 2.05) is 31.2 Å². The van der Waals surface area contributed by atoms with Gasteiger partial charge in [-0.1, -0.05) is 77.4 Å². The minimum atomic E-state index is -0.963. The molecule has 0 radical (unpaired) electrons. The summed E-state index contributed by atoms with van der Waals surface area (Å²) in [6.45, 7) is 6.15. The smallest absolute Gasteiger partial charge is 0.336 e. The van der Waals surface area contributed by atoms with Crippen LogP contribution in [-0.4, -0.2) is 11.1 Å². The average Bonchev–Trinajstić information content (AvgIpc) is 2.79. The molecule has 1 N–H and O–H groups in total. The predicted octanol–water partition coefficient (Wildman–Crippen LogP) is 6.81. The monoisotopic (exact) mass is 420 g/mol. The molecular formula is C29H24O3. The second-order valence-electron chi connectivity index (χ2n) is 8.60. The molecule has 0 saturated carbocycles. The number of rotatable bonds is 3. The third kappa shape index (κ3) is 3.18. The van der Waals surface area contributed by atoms with E-state index in [0.29, 0.717) is 11.3 Å². The summed E-state index contributed by atoms with van der Waals surface area (Å²) in [6.07, 6.45) is 3.89. The highest BCUT2D eigenvalue weighted by molar-refractivity contribution is 6.03. The zero-order valence-electron chi connectivity index (χ0n) is 18.3. The van der Waals surface area contributed by atoms with Gasteiger partial charge in [0.05, 0.1) is 5.56 Å². The zero-order valence-corrected chi connectivity index (χ0v) is 18.3. The molecule has 1 aliphatic heterocycles. The van der Waals surface area contributed by atoms with E-state index in [4.69, 9.17) is 4.74 Å². The molecule has 5 rings (SSSR count). The van der Waals surface area contributed by atoms with Crippen LogP contribution in [0.1, 0.15) is 43.7 Å². The lowest BCUT2D eigenvalue weighted by Crippen LogP contribution is -2.34. The highest BCUT2D eigenvalue weighted by Gasteiger charge is 2.38. The van der Waals surface area contributed by atoms with Crippen molar-refractivity contribution in [2.75, 3.05) is 0 Å². The Labute approximate surface area is 187 Å². The van der Waals surface area contributed by atoms with Crippen molar-refractivity contribution in [3.8, 4) is 5.75 Å². The summed E-state index contributed by atoms with van der Waals surface area (Å²) in [7, 11) is 0. The maximum absolute atomic E-state index is 12.1. The van der Waals surface area contributed by atoms with Crippen molar-refractivity contribution in [3.05, 3.63) is 118 Å². The first-order valence-electron chi connectivity index (χ1n) is 10.7. The fraction of sp³-hybridized carbons (Fsp3) is 0.138. The van der Waals surface area contributed by atoms with Gasteiger partial charge in [0.2, 0.25) is 0 Å². The summed E-state index contributed by atoms with van der Waals surface area (Å²) in [5.41, 5.74) is 5.41. The molecule has 4 aromatic rings. The molecule has 0 bridgehead atoms. The Kier molecular flexibility index (Phi) is 4.63. The molecule has 158 valence electrons. The normalized spacial score (nSPS) is 14.1. The standard InChI is InChI=1S/C29H24O3/c1-18-5-10-22(11-6-18)29(23-12-7-19(2)8-13-23)15-14-24-26(28(30)31)17-21-9-4-20(3)16-25(21)27(24)32-29/h4-17H,1-3H3,(H,30,31). The molecule has 3 heteroatoms. The molecule has 3 nitrogen and oxygen atoms in total. The summed E-state index contributed by atoms with van der Waals surface area (Å²) >= 11 is 0. The molecular weight excluding hydrogens is 396 g/mol. The van der Waals surface area contributed by atoms with Gasteiger partial charge in [-0.2, -0.15) is 0 Å². The first-order valence-corrected chi connectivity index (χ1v) is 10.7. The number of aromatic carboxylic acids is 1. The van der Waals surface area contributed by atoms with Gasteiger partial charge in [-0.05, 0) is 50.4 Å². The molecule has 0 spiro atoms. The Bertz CT molecular complexity index is 1330. The molecule has 32 heavy (non-hydrogen) atoms. The van der Waals surface area contributed by atoms with Gasteiger partial charge in [-0.25, -0.2) is 4.79 Å². The van der Waals surface area contributed by atoms with Crippen LogP contribution in [0.3, 0.4) is 0 Å².